The first-order chi connectivity index (χ1) is 18.3. The minimum Gasteiger partial charge on any atom is -0.496 e. The van der Waals surface area contributed by atoms with E-state index in [-0.39, 0.29) is 17.3 Å². The molecule has 1 fully saturated rings. The summed E-state index contributed by atoms with van der Waals surface area (Å²) in [5.74, 6) is 0.486. The highest BCUT2D eigenvalue weighted by Crippen LogP contribution is 2.25. The lowest BCUT2D eigenvalue weighted by Gasteiger charge is -2.34. The van der Waals surface area contributed by atoms with E-state index in [9.17, 15) is 13.2 Å². The minimum absolute atomic E-state index is 0.0579. The molecule has 0 aromatic heterocycles. The van der Waals surface area contributed by atoms with E-state index in [1.807, 2.05) is 30.0 Å². The molecule has 200 valence electrons. The van der Waals surface area contributed by atoms with Gasteiger partial charge in [0.1, 0.15) is 5.75 Å². The lowest BCUT2D eigenvalue weighted by molar-refractivity contribution is 0.0650. The first-order valence-electron chi connectivity index (χ1n) is 12.7. The van der Waals surface area contributed by atoms with Crippen LogP contribution in [-0.2, 0) is 16.6 Å². The molecule has 8 heteroatoms. The topological polar surface area (TPSA) is 70.2 Å². The largest absolute Gasteiger partial charge is 0.496 e. The summed E-state index contributed by atoms with van der Waals surface area (Å²) in [6.45, 7) is 5.71. The number of rotatable bonds is 9. The average Bonchev–Trinajstić information content (AvgIpc) is 2.94. The highest BCUT2D eigenvalue weighted by molar-refractivity contribution is 7.89. The van der Waals surface area contributed by atoms with Crippen molar-refractivity contribution in [2.75, 3.05) is 46.9 Å². The maximum atomic E-state index is 13.3. The molecule has 7 nitrogen and oxygen atoms in total. The first-order valence-corrected chi connectivity index (χ1v) is 14.1. The fourth-order valence-electron chi connectivity index (χ4n) is 4.47. The van der Waals surface area contributed by atoms with Crippen molar-refractivity contribution in [1.82, 2.24) is 14.1 Å². The molecule has 0 bridgehead atoms. The van der Waals surface area contributed by atoms with Gasteiger partial charge in [0, 0.05) is 57.4 Å². The van der Waals surface area contributed by atoms with Crippen LogP contribution in [0.25, 0.3) is 6.08 Å². The predicted molar refractivity (Wildman–Crippen MR) is 151 cm³/mol. The number of aryl methyl sites for hydroxylation is 1. The Kier molecular flexibility index (Phi) is 8.99. The first kappa shape index (κ1) is 27.6. The second kappa shape index (κ2) is 12.4. The molecule has 0 saturated carbocycles. The smallest absolute Gasteiger partial charge is 0.253 e. The summed E-state index contributed by atoms with van der Waals surface area (Å²) in [5.41, 5.74) is 3.33. The van der Waals surface area contributed by atoms with Crippen LogP contribution in [0.3, 0.4) is 0 Å². The van der Waals surface area contributed by atoms with Gasteiger partial charge in [-0.2, -0.15) is 4.31 Å². The molecule has 0 spiro atoms. The number of methoxy groups -OCH3 is 1. The van der Waals surface area contributed by atoms with E-state index in [4.69, 9.17) is 4.74 Å². The van der Waals surface area contributed by atoms with Crippen LogP contribution in [0.2, 0.25) is 0 Å². The highest BCUT2D eigenvalue weighted by atomic mass is 32.2. The standard InChI is InChI=1S/C30H35N3O4S/c1-24-11-14-28(15-12-24)38(35,36)31(2)23-27-22-26(13-16-29(27)37-3)30(34)33-20-18-32(19-21-33)17-7-10-25-8-5-4-6-9-25/h4-16,22H,17-21,23H2,1-3H3/b10-7+. The van der Waals surface area contributed by atoms with Crippen LogP contribution in [0.15, 0.2) is 83.8 Å². The second-order valence-electron chi connectivity index (χ2n) is 9.51. The molecule has 3 aromatic rings. The number of carbonyl (C=O) groups excluding carboxylic acids is 1. The number of piperazine rings is 1. The van der Waals surface area contributed by atoms with Crippen molar-refractivity contribution < 1.29 is 17.9 Å². The molecule has 1 aliphatic heterocycles. The van der Waals surface area contributed by atoms with Gasteiger partial charge in [-0.3, -0.25) is 9.69 Å². The number of hydrogen-bond acceptors (Lipinski definition) is 5. The minimum atomic E-state index is -3.69. The van der Waals surface area contributed by atoms with Crippen LogP contribution in [0.5, 0.6) is 5.75 Å². The zero-order valence-corrected chi connectivity index (χ0v) is 23.0. The van der Waals surface area contributed by atoms with Crippen LogP contribution < -0.4 is 4.74 Å². The SMILES string of the molecule is COc1ccc(C(=O)N2CCN(C/C=C/c3ccccc3)CC2)cc1CN(C)S(=O)(=O)c1ccc(C)cc1. The second-order valence-corrected chi connectivity index (χ2v) is 11.6. The average molecular weight is 534 g/mol. The zero-order valence-electron chi connectivity index (χ0n) is 22.2. The fourth-order valence-corrected chi connectivity index (χ4v) is 5.62. The van der Waals surface area contributed by atoms with E-state index in [1.165, 1.54) is 16.9 Å². The normalized spacial score (nSPS) is 14.8. The van der Waals surface area contributed by atoms with Crippen molar-refractivity contribution in [3.63, 3.8) is 0 Å². The lowest BCUT2D eigenvalue weighted by Crippen LogP contribution is -2.48. The highest BCUT2D eigenvalue weighted by Gasteiger charge is 2.25. The van der Waals surface area contributed by atoms with Crippen molar-refractivity contribution >= 4 is 22.0 Å². The Balaban J connectivity index is 1.39. The Hall–Kier alpha value is -3.46. The maximum Gasteiger partial charge on any atom is 0.253 e. The molecule has 0 atom stereocenters. The molecule has 1 aliphatic rings. The molecule has 0 radical (unpaired) electrons. The molecule has 38 heavy (non-hydrogen) atoms. The molecule has 1 amide bonds. The van der Waals surface area contributed by atoms with Gasteiger partial charge in [0.2, 0.25) is 10.0 Å². The van der Waals surface area contributed by atoms with Crippen molar-refractivity contribution in [3.05, 3.63) is 101 Å². The third-order valence-corrected chi connectivity index (χ3v) is 8.60. The van der Waals surface area contributed by atoms with Gasteiger partial charge in [0.05, 0.1) is 12.0 Å². The van der Waals surface area contributed by atoms with Gasteiger partial charge in [0.25, 0.3) is 5.91 Å². The molecular formula is C30H35N3O4S. The zero-order chi connectivity index (χ0) is 27.1. The van der Waals surface area contributed by atoms with Crippen LogP contribution in [-0.4, -0.2) is 75.3 Å². The summed E-state index contributed by atoms with van der Waals surface area (Å²) in [5, 5.41) is 0. The van der Waals surface area contributed by atoms with Gasteiger partial charge < -0.3 is 9.64 Å². The molecule has 0 unspecified atom stereocenters. The molecule has 1 saturated heterocycles. The monoisotopic (exact) mass is 533 g/mol. The van der Waals surface area contributed by atoms with Crippen LogP contribution in [0.4, 0.5) is 0 Å². The predicted octanol–water partition coefficient (Wildman–Crippen LogP) is 4.30. The van der Waals surface area contributed by atoms with Crippen molar-refractivity contribution in [3.8, 4) is 5.75 Å². The number of hydrogen-bond donors (Lipinski definition) is 0. The summed E-state index contributed by atoms with van der Waals surface area (Å²) in [6.07, 6.45) is 4.27. The Morgan fingerprint density at radius 1 is 0.974 bits per heavy atom. The summed E-state index contributed by atoms with van der Waals surface area (Å²) < 4.78 is 33.0. The number of sulfonamides is 1. The summed E-state index contributed by atoms with van der Waals surface area (Å²) in [4.78, 5) is 17.7. The van der Waals surface area contributed by atoms with Gasteiger partial charge in [0.15, 0.2) is 0 Å². The maximum absolute atomic E-state index is 13.3. The Bertz CT molecular complexity index is 1360. The Morgan fingerprint density at radius 2 is 1.66 bits per heavy atom. The molecule has 0 aliphatic carbocycles. The van der Waals surface area contributed by atoms with Gasteiger partial charge in [-0.15, -0.1) is 0 Å². The van der Waals surface area contributed by atoms with E-state index in [0.29, 0.717) is 30.0 Å². The molecule has 1 heterocycles. The van der Waals surface area contributed by atoms with Crippen LogP contribution in [0, 0.1) is 6.92 Å². The van der Waals surface area contributed by atoms with Gasteiger partial charge in [-0.05, 0) is 42.8 Å². The van der Waals surface area contributed by atoms with E-state index < -0.39 is 10.0 Å². The van der Waals surface area contributed by atoms with Crippen molar-refractivity contribution in [2.24, 2.45) is 0 Å². The fraction of sp³-hybridized carbons (Fsp3) is 0.300. The number of nitrogens with zero attached hydrogens (tertiary/aromatic N) is 3. The number of carbonyl (C=O) groups is 1. The van der Waals surface area contributed by atoms with Crippen molar-refractivity contribution in [2.45, 2.75) is 18.4 Å². The number of benzene rings is 3. The van der Waals surface area contributed by atoms with E-state index in [1.54, 1.807) is 49.6 Å². The van der Waals surface area contributed by atoms with Gasteiger partial charge in [-0.1, -0.05) is 60.2 Å². The summed E-state index contributed by atoms with van der Waals surface area (Å²) >= 11 is 0. The van der Waals surface area contributed by atoms with Crippen LogP contribution in [0.1, 0.15) is 27.0 Å². The number of amides is 1. The van der Waals surface area contributed by atoms with Gasteiger partial charge in [-0.25, -0.2) is 8.42 Å². The molecule has 0 N–H and O–H groups in total. The third-order valence-electron chi connectivity index (χ3n) is 6.78. The number of ether oxygens (including phenoxy) is 1. The van der Waals surface area contributed by atoms with Crippen molar-refractivity contribution in [1.29, 1.82) is 0 Å². The van der Waals surface area contributed by atoms with E-state index in [0.717, 1.165) is 25.2 Å². The lowest BCUT2D eigenvalue weighted by atomic mass is 10.1. The third kappa shape index (κ3) is 6.69. The summed E-state index contributed by atoms with van der Waals surface area (Å²) in [7, 11) is -0.615. The van der Waals surface area contributed by atoms with E-state index in [2.05, 4.69) is 29.2 Å². The van der Waals surface area contributed by atoms with Crippen LogP contribution >= 0.6 is 0 Å². The molecule has 4 rings (SSSR count). The quantitative estimate of drug-likeness (QED) is 0.410. The molecule has 3 aromatic carbocycles. The summed E-state index contributed by atoms with van der Waals surface area (Å²) in [6, 6.07) is 22.2. The van der Waals surface area contributed by atoms with E-state index >= 15 is 0 Å². The Labute approximate surface area is 226 Å². The van der Waals surface area contributed by atoms with Gasteiger partial charge >= 0.3 is 0 Å². The molecular weight excluding hydrogens is 498 g/mol. The Morgan fingerprint density at radius 3 is 2.32 bits per heavy atom.